The number of imide groups is 1. The lowest BCUT2D eigenvalue weighted by atomic mass is 10.1. The van der Waals surface area contributed by atoms with Gasteiger partial charge in [-0.15, -0.1) is 18.3 Å². The standard InChI is InChI=1S/C20H20N2O4S/c1-2-13-21-20(25)22-17(23)14-26-19(24)18(15-9-5-3-6-10-15)27-16-11-7-4-8-12-16/h2-12,18H,1,13-14H2,(H2,21,22,23,25)/t18-/m0/s1. The van der Waals surface area contributed by atoms with Gasteiger partial charge in [0, 0.05) is 11.4 Å². The number of benzene rings is 2. The first-order valence-electron chi connectivity index (χ1n) is 8.22. The molecule has 3 amide bonds. The van der Waals surface area contributed by atoms with E-state index in [4.69, 9.17) is 4.74 Å². The second-order valence-electron chi connectivity index (χ2n) is 5.38. The largest absolute Gasteiger partial charge is 0.454 e. The third-order valence-electron chi connectivity index (χ3n) is 3.32. The number of carbonyl (C=O) groups excluding carboxylic acids is 3. The van der Waals surface area contributed by atoms with Gasteiger partial charge in [0.2, 0.25) is 0 Å². The first-order valence-corrected chi connectivity index (χ1v) is 9.10. The molecule has 0 unspecified atom stereocenters. The molecule has 0 aliphatic carbocycles. The van der Waals surface area contributed by atoms with Gasteiger partial charge in [0.05, 0.1) is 0 Å². The Hall–Kier alpha value is -3.06. The summed E-state index contributed by atoms with van der Waals surface area (Å²) in [7, 11) is 0. The molecular weight excluding hydrogens is 364 g/mol. The van der Waals surface area contributed by atoms with Gasteiger partial charge < -0.3 is 10.1 Å². The summed E-state index contributed by atoms with van der Waals surface area (Å²) in [5, 5.41) is 3.85. The van der Waals surface area contributed by atoms with Crippen LogP contribution in [0.3, 0.4) is 0 Å². The Morgan fingerprint density at radius 2 is 1.67 bits per heavy atom. The van der Waals surface area contributed by atoms with E-state index in [1.54, 1.807) is 0 Å². The van der Waals surface area contributed by atoms with Crippen molar-refractivity contribution in [1.29, 1.82) is 0 Å². The van der Waals surface area contributed by atoms with E-state index < -0.39 is 29.8 Å². The van der Waals surface area contributed by atoms with Crippen molar-refractivity contribution in [3.8, 4) is 0 Å². The van der Waals surface area contributed by atoms with Crippen molar-refractivity contribution in [2.24, 2.45) is 0 Å². The van der Waals surface area contributed by atoms with Crippen molar-refractivity contribution in [2.75, 3.05) is 13.2 Å². The Morgan fingerprint density at radius 1 is 1.04 bits per heavy atom. The molecule has 6 nitrogen and oxygen atoms in total. The van der Waals surface area contributed by atoms with Gasteiger partial charge in [-0.25, -0.2) is 4.79 Å². The maximum Gasteiger partial charge on any atom is 0.324 e. The van der Waals surface area contributed by atoms with E-state index in [0.717, 1.165) is 10.5 Å². The second-order valence-corrected chi connectivity index (χ2v) is 6.55. The van der Waals surface area contributed by atoms with Crippen molar-refractivity contribution in [2.45, 2.75) is 10.1 Å². The molecule has 0 spiro atoms. The number of hydrogen-bond acceptors (Lipinski definition) is 5. The van der Waals surface area contributed by atoms with E-state index in [9.17, 15) is 14.4 Å². The molecule has 140 valence electrons. The van der Waals surface area contributed by atoms with Crippen LogP contribution in [-0.4, -0.2) is 31.1 Å². The Labute approximate surface area is 162 Å². The molecule has 0 aliphatic rings. The molecule has 0 bridgehead atoms. The van der Waals surface area contributed by atoms with Gasteiger partial charge in [0.15, 0.2) is 6.61 Å². The van der Waals surface area contributed by atoms with E-state index in [2.05, 4.69) is 17.2 Å². The van der Waals surface area contributed by atoms with Crippen molar-refractivity contribution in [3.05, 3.63) is 78.9 Å². The molecule has 0 heterocycles. The highest BCUT2D eigenvalue weighted by Crippen LogP contribution is 2.36. The number of esters is 1. The van der Waals surface area contributed by atoms with Crippen molar-refractivity contribution < 1.29 is 19.1 Å². The van der Waals surface area contributed by atoms with Crippen LogP contribution in [0.25, 0.3) is 0 Å². The SMILES string of the molecule is C=CCNC(=O)NC(=O)COC(=O)[C@@H](Sc1ccccc1)c1ccccc1. The Bertz CT molecular complexity index is 781. The average molecular weight is 384 g/mol. The smallest absolute Gasteiger partial charge is 0.324 e. The van der Waals surface area contributed by atoms with Crippen LogP contribution >= 0.6 is 11.8 Å². The second kappa shape index (κ2) is 10.8. The van der Waals surface area contributed by atoms with E-state index in [-0.39, 0.29) is 6.54 Å². The van der Waals surface area contributed by atoms with Crippen LogP contribution in [0.1, 0.15) is 10.8 Å². The molecule has 2 N–H and O–H groups in total. The number of carbonyl (C=O) groups is 3. The number of hydrogen-bond donors (Lipinski definition) is 2. The zero-order chi connectivity index (χ0) is 19.5. The first-order chi connectivity index (χ1) is 13.1. The average Bonchev–Trinajstić information content (AvgIpc) is 2.70. The number of urea groups is 1. The van der Waals surface area contributed by atoms with Gasteiger partial charge in [-0.1, -0.05) is 54.6 Å². The zero-order valence-electron chi connectivity index (χ0n) is 14.6. The highest BCUT2D eigenvalue weighted by atomic mass is 32.2. The van der Waals surface area contributed by atoms with E-state index in [1.165, 1.54) is 17.8 Å². The van der Waals surface area contributed by atoms with Gasteiger partial charge in [-0.2, -0.15) is 0 Å². The van der Waals surface area contributed by atoms with Crippen LogP contribution in [0.5, 0.6) is 0 Å². The summed E-state index contributed by atoms with van der Waals surface area (Å²) in [4.78, 5) is 36.6. The molecule has 1 atom stereocenters. The summed E-state index contributed by atoms with van der Waals surface area (Å²) in [5.41, 5.74) is 0.764. The summed E-state index contributed by atoms with van der Waals surface area (Å²) < 4.78 is 5.13. The molecule has 0 aliphatic heterocycles. The topological polar surface area (TPSA) is 84.5 Å². The number of amides is 3. The minimum atomic E-state index is -0.707. The fourth-order valence-corrected chi connectivity index (χ4v) is 3.14. The molecule has 0 saturated carbocycles. The van der Waals surface area contributed by atoms with Crippen molar-refractivity contribution >= 4 is 29.7 Å². The maximum absolute atomic E-state index is 12.6. The quantitative estimate of drug-likeness (QED) is 0.415. The fraction of sp³-hybridized carbons (Fsp3) is 0.150. The molecule has 27 heavy (non-hydrogen) atoms. The minimum absolute atomic E-state index is 0.225. The Kier molecular flexibility index (Phi) is 8.12. The Balaban J connectivity index is 1.98. The monoisotopic (exact) mass is 384 g/mol. The van der Waals surface area contributed by atoms with Crippen LogP contribution in [0.15, 0.2) is 78.2 Å². The highest BCUT2D eigenvalue weighted by Gasteiger charge is 2.24. The van der Waals surface area contributed by atoms with Gasteiger partial charge >= 0.3 is 12.0 Å². The molecule has 2 aromatic rings. The summed E-state index contributed by atoms with van der Waals surface area (Å²) in [5.74, 6) is -1.27. The van der Waals surface area contributed by atoms with Crippen molar-refractivity contribution in [1.82, 2.24) is 10.6 Å². The third-order valence-corrected chi connectivity index (χ3v) is 4.56. The summed E-state index contributed by atoms with van der Waals surface area (Å²) in [6.45, 7) is 3.14. The maximum atomic E-state index is 12.6. The molecule has 0 radical (unpaired) electrons. The number of thioether (sulfide) groups is 1. The van der Waals surface area contributed by atoms with E-state index in [1.807, 2.05) is 60.7 Å². The predicted octanol–water partition coefficient (Wildman–Crippen LogP) is 3.08. The lowest BCUT2D eigenvalue weighted by Gasteiger charge is -2.16. The number of rotatable bonds is 8. The van der Waals surface area contributed by atoms with Crippen LogP contribution in [-0.2, 0) is 14.3 Å². The van der Waals surface area contributed by atoms with E-state index in [0.29, 0.717) is 0 Å². The summed E-state index contributed by atoms with van der Waals surface area (Å²) >= 11 is 1.33. The third kappa shape index (κ3) is 6.99. The normalized spacial score (nSPS) is 11.1. The highest BCUT2D eigenvalue weighted by molar-refractivity contribution is 8.00. The van der Waals surface area contributed by atoms with Crippen LogP contribution in [0.4, 0.5) is 4.79 Å². The molecule has 0 fully saturated rings. The molecule has 2 aromatic carbocycles. The molecule has 0 saturated heterocycles. The lowest BCUT2D eigenvalue weighted by Crippen LogP contribution is -2.41. The van der Waals surface area contributed by atoms with Crippen molar-refractivity contribution in [3.63, 3.8) is 0 Å². The number of nitrogens with one attached hydrogen (secondary N) is 2. The van der Waals surface area contributed by atoms with E-state index >= 15 is 0 Å². The number of ether oxygens (including phenoxy) is 1. The van der Waals surface area contributed by atoms with Gasteiger partial charge in [-0.3, -0.25) is 14.9 Å². The summed E-state index contributed by atoms with van der Waals surface area (Å²) in [6.07, 6.45) is 1.48. The zero-order valence-corrected chi connectivity index (χ0v) is 15.4. The molecular formula is C20H20N2O4S. The predicted molar refractivity (Wildman–Crippen MR) is 104 cm³/mol. The molecule has 2 rings (SSSR count). The summed E-state index contributed by atoms with van der Waals surface area (Å²) in [6, 6.07) is 17.9. The fourth-order valence-electron chi connectivity index (χ4n) is 2.10. The van der Waals surface area contributed by atoms with Crippen LogP contribution in [0.2, 0.25) is 0 Å². The van der Waals surface area contributed by atoms with Crippen LogP contribution < -0.4 is 10.6 Å². The first kappa shape index (κ1) is 20.3. The Morgan fingerprint density at radius 3 is 2.30 bits per heavy atom. The van der Waals surface area contributed by atoms with Gasteiger partial charge in [0.25, 0.3) is 5.91 Å². The minimum Gasteiger partial charge on any atom is -0.454 e. The molecule has 0 aromatic heterocycles. The molecule has 7 heteroatoms. The van der Waals surface area contributed by atoms with Gasteiger partial charge in [-0.05, 0) is 17.7 Å². The van der Waals surface area contributed by atoms with Gasteiger partial charge in [0.1, 0.15) is 5.25 Å². The van der Waals surface area contributed by atoms with Crippen LogP contribution in [0, 0.1) is 0 Å². The lowest BCUT2D eigenvalue weighted by molar-refractivity contribution is -0.147.